The molecule has 1 rings (SSSR count). The molecule has 1 amide bonds. The average molecular weight is 588 g/mol. The van der Waals surface area contributed by atoms with Crippen molar-refractivity contribution in [3.05, 3.63) is 12.2 Å². The van der Waals surface area contributed by atoms with Crippen molar-refractivity contribution < 1.29 is 39.8 Å². The van der Waals surface area contributed by atoms with Gasteiger partial charge in [-0.05, 0) is 38.5 Å². The van der Waals surface area contributed by atoms with E-state index in [0.29, 0.717) is 12.8 Å². The van der Waals surface area contributed by atoms with Crippen molar-refractivity contribution in [1.82, 2.24) is 5.32 Å². The molecule has 0 aromatic carbocycles. The van der Waals surface area contributed by atoms with Gasteiger partial charge in [-0.15, -0.1) is 0 Å². The number of carbonyl (C=O) groups excluding carboxylic acids is 1. The van der Waals surface area contributed by atoms with Crippen molar-refractivity contribution in [1.29, 1.82) is 0 Å². The number of carbonyl (C=O) groups is 1. The Labute approximate surface area is 248 Å². The third-order valence-electron chi connectivity index (χ3n) is 7.87. The predicted octanol–water partition coefficient (Wildman–Crippen LogP) is 4.27. The van der Waals surface area contributed by atoms with Crippen LogP contribution >= 0.6 is 0 Å². The molecule has 6 N–H and O–H groups in total. The van der Waals surface area contributed by atoms with Gasteiger partial charge >= 0.3 is 0 Å². The summed E-state index contributed by atoms with van der Waals surface area (Å²) in [6.07, 6.45) is 15.3. The highest BCUT2D eigenvalue weighted by atomic mass is 16.7. The van der Waals surface area contributed by atoms with Gasteiger partial charge < -0.3 is 40.3 Å². The quantitative estimate of drug-likeness (QED) is 0.0685. The molecule has 7 atom stereocenters. The van der Waals surface area contributed by atoms with Crippen LogP contribution in [0.5, 0.6) is 0 Å². The summed E-state index contributed by atoms with van der Waals surface area (Å²) >= 11 is 0. The van der Waals surface area contributed by atoms with E-state index in [9.17, 15) is 30.3 Å². The van der Waals surface area contributed by atoms with E-state index in [-0.39, 0.29) is 12.5 Å². The van der Waals surface area contributed by atoms with Crippen molar-refractivity contribution in [2.24, 2.45) is 0 Å². The monoisotopic (exact) mass is 587 g/mol. The number of rotatable bonds is 25. The predicted molar refractivity (Wildman–Crippen MR) is 161 cm³/mol. The van der Waals surface area contributed by atoms with Gasteiger partial charge in [0.15, 0.2) is 6.29 Å². The second-order valence-electron chi connectivity index (χ2n) is 11.6. The van der Waals surface area contributed by atoms with Crippen LogP contribution in [-0.2, 0) is 14.3 Å². The molecule has 2 unspecified atom stereocenters. The van der Waals surface area contributed by atoms with Gasteiger partial charge in [-0.1, -0.05) is 96.6 Å². The summed E-state index contributed by atoms with van der Waals surface area (Å²) in [5.41, 5.74) is 0. The highest BCUT2D eigenvalue weighted by Crippen LogP contribution is 2.22. The molecule has 242 valence electrons. The second kappa shape index (κ2) is 24.4. The highest BCUT2D eigenvalue weighted by Gasteiger charge is 2.44. The summed E-state index contributed by atoms with van der Waals surface area (Å²) < 4.78 is 11.1. The number of amides is 1. The van der Waals surface area contributed by atoms with Gasteiger partial charge in [0.2, 0.25) is 5.91 Å². The fraction of sp³-hybridized carbons (Fsp3) is 0.906. The average Bonchev–Trinajstić information content (AvgIpc) is 2.97. The van der Waals surface area contributed by atoms with Crippen LogP contribution in [0.4, 0.5) is 0 Å². The van der Waals surface area contributed by atoms with Crippen LogP contribution in [0.15, 0.2) is 12.2 Å². The summed E-state index contributed by atoms with van der Waals surface area (Å²) in [6, 6.07) is -0.724. The first-order chi connectivity index (χ1) is 19.8. The fourth-order valence-electron chi connectivity index (χ4n) is 5.09. The fourth-order valence-corrected chi connectivity index (χ4v) is 5.09. The molecule has 9 nitrogen and oxygen atoms in total. The van der Waals surface area contributed by atoms with Crippen LogP contribution in [0, 0.1) is 0 Å². The van der Waals surface area contributed by atoms with E-state index in [0.717, 1.165) is 44.9 Å². The minimum Gasteiger partial charge on any atom is -0.394 e. The topological polar surface area (TPSA) is 149 Å². The van der Waals surface area contributed by atoms with E-state index in [2.05, 4.69) is 31.3 Å². The third kappa shape index (κ3) is 17.0. The molecular weight excluding hydrogens is 526 g/mol. The normalized spacial score (nSPS) is 24.5. The van der Waals surface area contributed by atoms with Gasteiger partial charge in [-0.25, -0.2) is 0 Å². The number of aliphatic hydroxyl groups excluding tert-OH is 5. The van der Waals surface area contributed by atoms with Crippen LogP contribution in [-0.4, -0.2) is 87.5 Å². The lowest BCUT2D eigenvalue weighted by atomic mass is 9.99. The third-order valence-corrected chi connectivity index (χ3v) is 7.87. The molecule has 0 aromatic rings. The zero-order valence-electron chi connectivity index (χ0n) is 25.8. The summed E-state index contributed by atoms with van der Waals surface area (Å²) in [5.74, 6) is -0.165. The second-order valence-corrected chi connectivity index (χ2v) is 11.6. The number of unbranched alkanes of at least 4 members (excludes halogenated alkanes) is 13. The Morgan fingerprint density at radius 3 is 1.98 bits per heavy atom. The minimum atomic E-state index is -1.55. The standard InChI is InChI=1S/C32H61NO8/c1-3-5-7-9-11-12-13-14-16-17-19-21-26(35)25(33-28(36)22-20-18-15-10-8-6-4-2)24-40-32-31(39)30(38)29(37)27(23-34)41-32/h13-14,25-27,29-32,34-35,37-39H,3-12,15-24H2,1-2H3,(H,33,36)/b14-13+/t25-,26+,27+,29+,30?,31?,32+/m0/s1. The maximum absolute atomic E-state index is 12.7. The lowest BCUT2D eigenvalue weighted by molar-refractivity contribution is -0.302. The number of hydrogen-bond acceptors (Lipinski definition) is 8. The first-order valence-electron chi connectivity index (χ1n) is 16.4. The molecule has 0 spiro atoms. The van der Waals surface area contributed by atoms with Crippen LogP contribution in [0.1, 0.15) is 129 Å². The Hall–Kier alpha value is -1.07. The molecule has 0 aromatic heterocycles. The van der Waals surface area contributed by atoms with Crippen LogP contribution in [0.3, 0.4) is 0 Å². The van der Waals surface area contributed by atoms with Crippen LogP contribution < -0.4 is 5.32 Å². The maximum atomic E-state index is 12.7. The first-order valence-corrected chi connectivity index (χ1v) is 16.4. The molecule has 0 aliphatic carbocycles. The smallest absolute Gasteiger partial charge is 0.220 e. The maximum Gasteiger partial charge on any atom is 0.220 e. The lowest BCUT2D eigenvalue weighted by Crippen LogP contribution is -2.60. The van der Waals surface area contributed by atoms with E-state index in [1.165, 1.54) is 57.8 Å². The molecule has 1 fully saturated rings. The molecule has 0 radical (unpaired) electrons. The van der Waals surface area contributed by atoms with Crippen molar-refractivity contribution >= 4 is 5.91 Å². The molecule has 1 aliphatic heterocycles. The highest BCUT2D eigenvalue weighted by molar-refractivity contribution is 5.76. The largest absolute Gasteiger partial charge is 0.394 e. The van der Waals surface area contributed by atoms with Crippen LogP contribution in [0.25, 0.3) is 0 Å². The molecule has 1 saturated heterocycles. The number of hydrogen-bond donors (Lipinski definition) is 6. The molecular formula is C32H61NO8. The minimum absolute atomic E-state index is 0.148. The van der Waals surface area contributed by atoms with E-state index in [1.807, 2.05) is 0 Å². The molecule has 9 heteroatoms. The SMILES string of the molecule is CCCCCCC/C=C/CCCC[C@@H](O)[C@H](CO[C@@H]1O[C@H](CO)[C@@H](O)C(O)C1O)NC(=O)CCCCCCCCC. The van der Waals surface area contributed by atoms with Gasteiger partial charge in [-0.3, -0.25) is 4.79 Å². The van der Waals surface area contributed by atoms with Crippen LogP contribution in [0.2, 0.25) is 0 Å². The Morgan fingerprint density at radius 2 is 1.37 bits per heavy atom. The number of aliphatic hydroxyl groups is 5. The number of nitrogens with one attached hydrogen (secondary N) is 1. The molecule has 1 heterocycles. The van der Waals surface area contributed by atoms with Gasteiger partial charge in [0.1, 0.15) is 24.4 Å². The first kappa shape index (κ1) is 38.0. The van der Waals surface area contributed by atoms with Gasteiger partial charge in [0.05, 0.1) is 25.4 Å². The van der Waals surface area contributed by atoms with Gasteiger partial charge in [-0.2, -0.15) is 0 Å². The molecule has 41 heavy (non-hydrogen) atoms. The summed E-state index contributed by atoms with van der Waals surface area (Å²) in [6.45, 7) is 3.70. The van der Waals surface area contributed by atoms with Gasteiger partial charge in [0, 0.05) is 6.42 Å². The van der Waals surface area contributed by atoms with Crippen molar-refractivity contribution in [3.8, 4) is 0 Å². The van der Waals surface area contributed by atoms with E-state index >= 15 is 0 Å². The van der Waals surface area contributed by atoms with Gasteiger partial charge in [0.25, 0.3) is 0 Å². The lowest BCUT2D eigenvalue weighted by Gasteiger charge is -2.40. The van der Waals surface area contributed by atoms with E-state index < -0.39 is 49.5 Å². The molecule has 1 aliphatic rings. The summed E-state index contributed by atoms with van der Waals surface area (Å²) in [4.78, 5) is 12.7. The molecule has 0 saturated carbocycles. The zero-order valence-corrected chi connectivity index (χ0v) is 25.8. The summed E-state index contributed by atoms with van der Waals surface area (Å²) in [5, 5.41) is 53.6. The van der Waals surface area contributed by atoms with E-state index in [1.54, 1.807) is 0 Å². The van der Waals surface area contributed by atoms with Crippen molar-refractivity contribution in [2.45, 2.75) is 172 Å². The number of ether oxygens (including phenoxy) is 2. The van der Waals surface area contributed by atoms with Crippen molar-refractivity contribution in [2.75, 3.05) is 13.2 Å². The Balaban J connectivity index is 2.53. The Kier molecular flexibility index (Phi) is 22.6. The summed E-state index contributed by atoms with van der Waals surface area (Å²) in [7, 11) is 0. The van der Waals surface area contributed by atoms with Crippen molar-refractivity contribution in [3.63, 3.8) is 0 Å². The Bertz CT molecular complexity index is 662. The van der Waals surface area contributed by atoms with E-state index in [4.69, 9.17) is 9.47 Å². The molecule has 0 bridgehead atoms. The number of allylic oxidation sites excluding steroid dienone is 2. The Morgan fingerprint density at radius 1 is 0.805 bits per heavy atom. The zero-order chi connectivity index (χ0) is 30.3.